The van der Waals surface area contributed by atoms with Gasteiger partial charge < -0.3 is 10.6 Å². The van der Waals surface area contributed by atoms with E-state index in [9.17, 15) is 26.3 Å². The van der Waals surface area contributed by atoms with E-state index >= 15 is 0 Å². The molecule has 5 nitrogen and oxygen atoms in total. The first-order chi connectivity index (χ1) is 15.6. The molecular weight excluding hydrogens is 448 g/mol. The molecule has 2 aromatic heterocycles. The number of alkyl halides is 6. The minimum Gasteiger partial charge on any atom is -0.351 e. The summed E-state index contributed by atoms with van der Waals surface area (Å²) in [6.07, 6.45) is -2.87. The van der Waals surface area contributed by atoms with Gasteiger partial charge in [0.2, 0.25) is 5.95 Å². The fourth-order valence-electron chi connectivity index (χ4n) is 3.70. The van der Waals surface area contributed by atoms with Crippen LogP contribution in [-0.4, -0.2) is 21.0 Å². The topological polar surface area (TPSA) is 62.7 Å². The first kappa shape index (κ1) is 22.8. The van der Waals surface area contributed by atoms with E-state index in [1.807, 2.05) is 0 Å². The van der Waals surface area contributed by atoms with Crippen LogP contribution in [0.3, 0.4) is 0 Å². The third-order valence-electron chi connectivity index (χ3n) is 5.31. The van der Waals surface area contributed by atoms with Crippen molar-refractivity contribution in [3.05, 3.63) is 59.9 Å². The third-order valence-corrected chi connectivity index (χ3v) is 5.31. The molecule has 0 bridgehead atoms. The van der Waals surface area contributed by atoms with Crippen molar-refractivity contribution in [3.63, 3.8) is 0 Å². The highest BCUT2D eigenvalue weighted by Crippen LogP contribution is 2.40. The molecule has 2 N–H and O–H groups in total. The number of nitrogens with zero attached hydrogens (tertiary/aromatic N) is 3. The smallest absolute Gasteiger partial charge is 0.351 e. The molecule has 174 valence electrons. The second-order valence-corrected chi connectivity index (χ2v) is 7.70. The number of halogens is 6. The van der Waals surface area contributed by atoms with E-state index in [-0.39, 0.29) is 23.9 Å². The average Bonchev–Trinajstić information content (AvgIpc) is 3.26. The van der Waals surface area contributed by atoms with Gasteiger partial charge in [-0.15, -0.1) is 0 Å². The molecule has 0 unspecified atom stereocenters. The Morgan fingerprint density at radius 3 is 2.15 bits per heavy atom. The Bertz CT molecular complexity index is 1110. The van der Waals surface area contributed by atoms with Gasteiger partial charge in [0.25, 0.3) is 0 Å². The van der Waals surface area contributed by atoms with Gasteiger partial charge in [-0.3, -0.25) is 4.98 Å². The summed E-state index contributed by atoms with van der Waals surface area (Å²) in [4.78, 5) is 12.7. The van der Waals surface area contributed by atoms with Crippen molar-refractivity contribution in [2.24, 2.45) is 0 Å². The lowest BCUT2D eigenvalue weighted by molar-refractivity contribution is -0.142. The Morgan fingerprint density at radius 1 is 0.818 bits per heavy atom. The molecule has 2 heterocycles. The first-order valence-electron chi connectivity index (χ1n) is 10.2. The number of rotatable bonds is 5. The Kier molecular flexibility index (Phi) is 6.13. The summed E-state index contributed by atoms with van der Waals surface area (Å²) in [7, 11) is 0. The molecule has 1 aliphatic rings. The van der Waals surface area contributed by atoms with E-state index in [4.69, 9.17) is 0 Å². The predicted molar refractivity (Wildman–Crippen MR) is 111 cm³/mol. The van der Waals surface area contributed by atoms with E-state index in [0.29, 0.717) is 17.3 Å². The molecule has 0 radical (unpaired) electrons. The van der Waals surface area contributed by atoms with Crippen molar-refractivity contribution >= 4 is 17.5 Å². The minimum absolute atomic E-state index is 0.0163. The van der Waals surface area contributed by atoms with E-state index < -0.39 is 29.2 Å². The van der Waals surface area contributed by atoms with E-state index in [2.05, 4.69) is 25.6 Å². The molecule has 33 heavy (non-hydrogen) atoms. The molecule has 0 saturated heterocycles. The third kappa shape index (κ3) is 5.52. The lowest BCUT2D eigenvalue weighted by atomic mass is 10.1. The van der Waals surface area contributed by atoms with Crippen LogP contribution in [0.25, 0.3) is 11.3 Å². The summed E-state index contributed by atoms with van der Waals surface area (Å²) in [6, 6.07) is 6.39. The van der Waals surface area contributed by atoms with E-state index in [1.165, 1.54) is 6.07 Å². The van der Waals surface area contributed by atoms with Gasteiger partial charge in [0.15, 0.2) is 0 Å². The van der Waals surface area contributed by atoms with Crippen LogP contribution in [-0.2, 0) is 12.4 Å². The zero-order valence-corrected chi connectivity index (χ0v) is 17.1. The summed E-state index contributed by atoms with van der Waals surface area (Å²) < 4.78 is 79.6. The van der Waals surface area contributed by atoms with Crippen LogP contribution in [0.5, 0.6) is 0 Å². The number of hydrogen-bond donors (Lipinski definition) is 2. The number of nitrogens with one attached hydrogen (secondary N) is 2. The number of aromatic nitrogens is 3. The van der Waals surface area contributed by atoms with Crippen LogP contribution in [0.15, 0.2) is 48.8 Å². The van der Waals surface area contributed by atoms with Crippen LogP contribution in [0.4, 0.5) is 43.8 Å². The van der Waals surface area contributed by atoms with Crippen LogP contribution >= 0.6 is 0 Å². The van der Waals surface area contributed by atoms with Crippen LogP contribution in [0.2, 0.25) is 0 Å². The number of anilines is 3. The van der Waals surface area contributed by atoms with Gasteiger partial charge in [-0.05, 0) is 43.2 Å². The maximum atomic E-state index is 13.6. The summed E-state index contributed by atoms with van der Waals surface area (Å²) in [5.74, 6) is 0.238. The SMILES string of the molecule is FC(F)(F)c1ccc(Nc2cc(-c3ccncc3)nc(NC3CCCC3)n2)c(C(F)(F)F)c1. The van der Waals surface area contributed by atoms with Gasteiger partial charge >= 0.3 is 12.4 Å². The highest BCUT2D eigenvalue weighted by Gasteiger charge is 2.38. The van der Waals surface area contributed by atoms with Crippen molar-refractivity contribution in [2.45, 2.75) is 44.1 Å². The lowest BCUT2D eigenvalue weighted by Gasteiger charge is -2.18. The second kappa shape index (κ2) is 8.87. The Balaban J connectivity index is 1.74. The molecule has 11 heteroatoms. The lowest BCUT2D eigenvalue weighted by Crippen LogP contribution is -2.17. The largest absolute Gasteiger partial charge is 0.418 e. The molecule has 1 saturated carbocycles. The highest BCUT2D eigenvalue weighted by atomic mass is 19.4. The van der Waals surface area contributed by atoms with Crippen LogP contribution < -0.4 is 10.6 Å². The standard InChI is InChI=1S/C22H19F6N5/c23-21(24,25)14-5-6-17(16(11-14)22(26,27)28)31-19-12-18(13-7-9-29-10-8-13)32-20(33-19)30-15-3-1-2-4-15/h5-12,15H,1-4H2,(H2,30,31,32,33). The summed E-state index contributed by atoms with van der Waals surface area (Å²) >= 11 is 0. The minimum atomic E-state index is -5.00. The monoisotopic (exact) mass is 467 g/mol. The van der Waals surface area contributed by atoms with Crippen molar-refractivity contribution in [2.75, 3.05) is 10.6 Å². The van der Waals surface area contributed by atoms with Gasteiger partial charge in [0, 0.05) is 30.1 Å². The Morgan fingerprint density at radius 2 is 1.52 bits per heavy atom. The van der Waals surface area contributed by atoms with Gasteiger partial charge in [-0.1, -0.05) is 12.8 Å². The zero-order valence-electron chi connectivity index (χ0n) is 17.1. The highest BCUT2D eigenvalue weighted by molar-refractivity contribution is 5.69. The molecular formula is C22H19F6N5. The van der Waals surface area contributed by atoms with Crippen molar-refractivity contribution in [1.29, 1.82) is 0 Å². The van der Waals surface area contributed by atoms with Gasteiger partial charge in [0.1, 0.15) is 5.82 Å². The molecule has 1 aromatic carbocycles. The van der Waals surface area contributed by atoms with Crippen molar-refractivity contribution in [3.8, 4) is 11.3 Å². The van der Waals surface area contributed by atoms with E-state index in [0.717, 1.165) is 31.7 Å². The van der Waals surface area contributed by atoms with E-state index in [1.54, 1.807) is 24.5 Å². The maximum absolute atomic E-state index is 13.6. The first-order valence-corrected chi connectivity index (χ1v) is 10.2. The van der Waals surface area contributed by atoms with Crippen LogP contribution in [0, 0.1) is 0 Å². The molecule has 0 amide bonds. The Labute approximate surface area is 185 Å². The quantitative estimate of drug-likeness (QED) is 0.410. The molecule has 0 aliphatic heterocycles. The van der Waals surface area contributed by atoms with Crippen molar-refractivity contribution in [1.82, 2.24) is 15.0 Å². The van der Waals surface area contributed by atoms with Gasteiger partial charge in [0.05, 0.1) is 22.5 Å². The summed E-state index contributed by atoms with van der Waals surface area (Å²) in [5, 5.41) is 5.74. The Hall–Kier alpha value is -3.37. The van der Waals surface area contributed by atoms with Gasteiger partial charge in [-0.25, -0.2) is 4.98 Å². The maximum Gasteiger partial charge on any atom is 0.418 e. The number of benzene rings is 1. The summed E-state index contributed by atoms with van der Waals surface area (Å²) in [6.45, 7) is 0. The zero-order chi connectivity index (χ0) is 23.6. The molecule has 3 aromatic rings. The number of pyridine rings is 1. The van der Waals surface area contributed by atoms with Gasteiger partial charge in [-0.2, -0.15) is 31.3 Å². The van der Waals surface area contributed by atoms with Crippen molar-refractivity contribution < 1.29 is 26.3 Å². The molecule has 1 aliphatic carbocycles. The number of hydrogen-bond acceptors (Lipinski definition) is 5. The average molecular weight is 467 g/mol. The molecule has 0 spiro atoms. The molecule has 4 rings (SSSR count). The fourth-order valence-corrected chi connectivity index (χ4v) is 3.70. The fraction of sp³-hybridized carbons (Fsp3) is 0.318. The second-order valence-electron chi connectivity index (χ2n) is 7.70. The molecule has 0 atom stereocenters. The summed E-state index contributed by atoms with van der Waals surface area (Å²) in [5.41, 5.74) is -2.28. The predicted octanol–water partition coefficient (Wildman–Crippen LogP) is 6.67. The normalized spacial score (nSPS) is 15.0. The van der Waals surface area contributed by atoms with Crippen LogP contribution in [0.1, 0.15) is 36.8 Å². The molecule has 1 fully saturated rings.